The zero-order valence-corrected chi connectivity index (χ0v) is 14.6. The number of carbonyl (C=O) groups excluding carboxylic acids is 1. The molecule has 2 nitrogen and oxygen atoms in total. The van der Waals surface area contributed by atoms with Crippen LogP contribution in [0.25, 0.3) is 0 Å². The van der Waals surface area contributed by atoms with Gasteiger partial charge in [0, 0.05) is 22.3 Å². The highest BCUT2D eigenvalue weighted by Gasteiger charge is 2.07. The van der Waals surface area contributed by atoms with Crippen molar-refractivity contribution in [3.63, 3.8) is 0 Å². The molecule has 0 unspecified atom stereocenters. The van der Waals surface area contributed by atoms with E-state index in [0.29, 0.717) is 28.1 Å². The number of carbonyl (C=O) groups is 1. The Labute approximate surface area is 145 Å². The Morgan fingerprint density at radius 1 is 1.09 bits per heavy atom. The summed E-state index contributed by atoms with van der Waals surface area (Å²) < 4.78 is 0. The van der Waals surface area contributed by atoms with Crippen LogP contribution in [0.2, 0.25) is 10.0 Å². The van der Waals surface area contributed by atoms with E-state index in [2.05, 4.69) is 5.32 Å². The fraction of sp³-hybridized carbons (Fsp3) is 0.235. The predicted octanol–water partition coefficient (Wildman–Crippen LogP) is 4.85. The Morgan fingerprint density at radius 2 is 1.73 bits per heavy atom. The van der Waals surface area contributed by atoms with Crippen molar-refractivity contribution in [3.8, 4) is 0 Å². The molecule has 0 aromatic heterocycles. The normalized spacial score (nSPS) is 10.5. The minimum Gasteiger partial charge on any atom is -0.351 e. The van der Waals surface area contributed by atoms with Crippen molar-refractivity contribution in [3.05, 3.63) is 69.2 Å². The smallest absolute Gasteiger partial charge is 0.230 e. The first-order valence-corrected chi connectivity index (χ1v) is 8.80. The molecule has 0 atom stereocenters. The van der Waals surface area contributed by atoms with Crippen LogP contribution in [-0.2, 0) is 17.1 Å². The van der Waals surface area contributed by atoms with Crippen LogP contribution in [-0.4, -0.2) is 11.7 Å². The Balaban J connectivity index is 1.75. The second-order valence-electron chi connectivity index (χ2n) is 4.96. The van der Waals surface area contributed by atoms with Gasteiger partial charge < -0.3 is 5.32 Å². The molecule has 2 rings (SSSR count). The molecule has 1 amide bonds. The van der Waals surface area contributed by atoms with Crippen LogP contribution in [0.3, 0.4) is 0 Å². The highest BCUT2D eigenvalue weighted by molar-refractivity contribution is 7.99. The van der Waals surface area contributed by atoms with Crippen molar-refractivity contribution in [2.24, 2.45) is 0 Å². The molecule has 0 fully saturated rings. The van der Waals surface area contributed by atoms with E-state index < -0.39 is 0 Å². The molecule has 5 heteroatoms. The maximum atomic E-state index is 11.8. The summed E-state index contributed by atoms with van der Waals surface area (Å²) in [5.41, 5.74) is 3.18. The molecule has 0 aliphatic rings. The summed E-state index contributed by atoms with van der Waals surface area (Å²) in [7, 11) is 0. The number of amides is 1. The third-order valence-corrected chi connectivity index (χ3v) is 4.82. The minimum atomic E-state index is 0.00810. The number of hydrogen-bond acceptors (Lipinski definition) is 2. The van der Waals surface area contributed by atoms with Gasteiger partial charge in [0.15, 0.2) is 0 Å². The van der Waals surface area contributed by atoms with Crippen LogP contribution in [0.15, 0.2) is 42.5 Å². The molecule has 0 heterocycles. The fourth-order valence-electron chi connectivity index (χ4n) is 1.87. The van der Waals surface area contributed by atoms with Crippen molar-refractivity contribution >= 4 is 40.9 Å². The van der Waals surface area contributed by atoms with Crippen molar-refractivity contribution in [1.29, 1.82) is 0 Å². The van der Waals surface area contributed by atoms with Crippen molar-refractivity contribution in [2.75, 3.05) is 5.75 Å². The van der Waals surface area contributed by atoms with Crippen molar-refractivity contribution in [2.45, 2.75) is 19.2 Å². The first-order chi connectivity index (χ1) is 10.6. The summed E-state index contributed by atoms with van der Waals surface area (Å²) in [6.45, 7) is 2.59. The van der Waals surface area contributed by atoms with Gasteiger partial charge in [-0.15, -0.1) is 11.8 Å². The van der Waals surface area contributed by atoms with Crippen LogP contribution in [0.1, 0.15) is 16.7 Å². The largest absolute Gasteiger partial charge is 0.351 e. The van der Waals surface area contributed by atoms with Gasteiger partial charge in [-0.2, -0.15) is 0 Å². The van der Waals surface area contributed by atoms with Crippen molar-refractivity contribution in [1.82, 2.24) is 5.32 Å². The van der Waals surface area contributed by atoms with E-state index in [9.17, 15) is 4.79 Å². The third kappa shape index (κ3) is 5.24. The molecular weight excluding hydrogens is 337 g/mol. The summed E-state index contributed by atoms with van der Waals surface area (Å²) >= 11 is 13.7. The van der Waals surface area contributed by atoms with Gasteiger partial charge >= 0.3 is 0 Å². The zero-order chi connectivity index (χ0) is 15.9. The number of nitrogens with one attached hydrogen (secondary N) is 1. The van der Waals surface area contributed by atoms with Gasteiger partial charge in [-0.25, -0.2) is 0 Å². The van der Waals surface area contributed by atoms with Gasteiger partial charge in [0.1, 0.15) is 0 Å². The Hall–Kier alpha value is -1.16. The number of hydrogen-bond donors (Lipinski definition) is 1. The summed E-state index contributed by atoms with van der Waals surface area (Å²) in [4.78, 5) is 11.8. The molecule has 116 valence electrons. The molecule has 2 aromatic carbocycles. The number of thioether (sulfide) groups is 1. The molecule has 0 aliphatic heterocycles. The van der Waals surface area contributed by atoms with Gasteiger partial charge in [-0.05, 0) is 30.2 Å². The number of rotatable bonds is 6. The summed E-state index contributed by atoms with van der Waals surface area (Å²) in [5, 5.41) is 4.19. The van der Waals surface area contributed by atoms with Gasteiger partial charge in [0.05, 0.1) is 5.75 Å². The molecule has 1 N–H and O–H groups in total. The second kappa shape index (κ2) is 8.47. The molecular formula is C17H17Cl2NOS. The van der Waals surface area contributed by atoms with E-state index in [1.54, 1.807) is 12.1 Å². The SMILES string of the molecule is Cc1ccc(CNC(=O)CSCc2c(Cl)cccc2Cl)cc1. The van der Waals surface area contributed by atoms with Crippen LogP contribution >= 0.6 is 35.0 Å². The van der Waals surface area contributed by atoms with Gasteiger partial charge in [-0.3, -0.25) is 4.79 Å². The molecule has 0 saturated heterocycles. The lowest BCUT2D eigenvalue weighted by Gasteiger charge is -2.08. The van der Waals surface area contributed by atoms with Gasteiger partial charge in [-0.1, -0.05) is 59.1 Å². The lowest BCUT2D eigenvalue weighted by atomic mass is 10.1. The van der Waals surface area contributed by atoms with Crippen LogP contribution in [0.4, 0.5) is 0 Å². The van der Waals surface area contributed by atoms with E-state index in [1.807, 2.05) is 37.3 Å². The maximum absolute atomic E-state index is 11.8. The lowest BCUT2D eigenvalue weighted by molar-refractivity contribution is -0.118. The number of halogens is 2. The standard InChI is InChI=1S/C17H17Cl2NOS/c1-12-5-7-13(8-6-12)9-20-17(21)11-22-10-14-15(18)3-2-4-16(14)19/h2-8H,9-11H2,1H3,(H,20,21). The topological polar surface area (TPSA) is 29.1 Å². The first kappa shape index (κ1) is 17.2. The molecule has 0 bridgehead atoms. The van der Waals surface area contributed by atoms with Gasteiger partial charge in [0.25, 0.3) is 0 Å². The molecule has 0 spiro atoms. The fourth-order valence-corrected chi connectivity index (χ4v) is 3.47. The highest BCUT2D eigenvalue weighted by atomic mass is 35.5. The monoisotopic (exact) mass is 353 g/mol. The zero-order valence-electron chi connectivity index (χ0n) is 12.2. The third-order valence-electron chi connectivity index (χ3n) is 3.15. The highest BCUT2D eigenvalue weighted by Crippen LogP contribution is 2.28. The average molecular weight is 354 g/mol. The average Bonchev–Trinajstić information content (AvgIpc) is 2.50. The second-order valence-corrected chi connectivity index (χ2v) is 6.76. The first-order valence-electron chi connectivity index (χ1n) is 6.89. The number of aryl methyl sites for hydroxylation is 1. The molecule has 0 saturated carbocycles. The Morgan fingerprint density at radius 3 is 2.36 bits per heavy atom. The molecule has 0 radical (unpaired) electrons. The van der Waals surface area contributed by atoms with Crippen LogP contribution in [0, 0.1) is 6.92 Å². The summed E-state index contributed by atoms with van der Waals surface area (Å²) in [6.07, 6.45) is 0. The van der Waals surface area contributed by atoms with Gasteiger partial charge in [0.2, 0.25) is 5.91 Å². The van der Waals surface area contributed by atoms with E-state index in [1.165, 1.54) is 17.3 Å². The lowest BCUT2D eigenvalue weighted by Crippen LogP contribution is -2.24. The van der Waals surface area contributed by atoms with E-state index >= 15 is 0 Å². The minimum absolute atomic E-state index is 0.00810. The van der Waals surface area contributed by atoms with E-state index in [0.717, 1.165) is 11.1 Å². The summed E-state index contributed by atoms with van der Waals surface area (Å²) in [5.74, 6) is 1.01. The van der Waals surface area contributed by atoms with Crippen molar-refractivity contribution < 1.29 is 4.79 Å². The maximum Gasteiger partial charge on any atom is 0.230 e. The Kier molecular flexibility index (Phi) is 6.62. The van der Waals surface area contributed by atoms with Crippen LogP contribution in [0.5, 0.6) is 0 Å². The number of benzene rings is 2. The van der Waals surface area contributed by atoms with Crippen LogP contribution < -0.4 is 5.32 Å². The Bertz CT molecular complexity index is 623. The predicted molar refractivity (Wildman–Crippen MR) is 95.6 cm³/mol. The summed E-state index contributed by atoms with van der Waals surface area (Å²) in [6, 6.07) is 13.5. The molecule has 22 heavy (non-hydrogen) atoms. The molecule has 0 aliphatic carbocycles. The quantitative estimate of drug-likeness (QED) is 0.803. The molecule has 2 aromatic rings. The van der Waals surface area contributed by atoms with E-state index in [4.69, 9.17) is 23.2 Å². The van der Waals surface area contributed by atoms with E-state index in [-0.39, 0.29) is 5.91 Å².